The van der Waals surface area contributed by atoms with Crippen molar-refractivity contribution in [2.24, 2.45) is 5.92 Å². The lowest BCUT2D eigenvalue weighted by molar-refractivity contribution is -0.135. The number of rotatable bonds is 3. The van der Waals surface area contributed by atoms with E-state index >= 15 is 0 Å². The number of amides is 3. The number of carbonyl (C=O) groups is 3. The van der Waals surface area contributed by atoms with Crippen LogP contribution < -0.4 is 4.90 Å². The zero-order valence-corrected chi connectivity index (χ0v) is 16.4. The van der Waals surface area contributed by atoms with Gasteiger partial charge in [-0.05, 0) is 62.8 Å². The molecule has 3 fully saturated rings. The molecular formula is C22H29N3O3. The smallest absolute Gasteiger partial charge is 0.253 e. The Morgan fingerprint density at radius 3 is 2.07 bits per heavy atom. The maximum atomic E-state index is 12.8. The van der Waals surface area contributed by atoms with Gasteiger partial charge in [-0.1, -0.05) is 0 Å². The van der Waals surface area contributed by atoms with Crippen molar-refractivity contribution in [1.82, 2.24) is 9.80 Å². The van der Waals surface area contributed by atoms with E-state index in [4.69, 9.17) is 0 Å². The summed E-state index contributed by atoms with van der Waals surface area (Å²) < 4.78 is 0. The first-order valence-electron chi connectivity index (χ1n) is 10.6. The third-order valence-corrected chi connectivity index (χ3v) is 6.30. The minimum atomic E-state index is 0.0172. The van der Waals surface area contributed by atoms with Crippen LogP contribution >= 0.6 is 0 Å². The van der Waals surface area contributed by atoms with Crippen LogP contribution in [0.1, 0.15) is 55.3 Å². The quantitative estimate of drug-likeness (QED) is 0.806. The first kappa shape index (κ1) is 19.0. The lowest BCUT2D eigenvalue weighted by Crippen LogP contribution is -2.43. The standard InChI is InChI=1S/C22H29N3O3/c26-20-5-1-2-14-25(20)19-8-6-17(7-9-19)21(27)24-15-10-18(11-16-24)22(28)23-12-3-4-13-23/h6-9,18H,1-5,10-16H2. The van der Waals surface area contributed by atoms with Crippen molar-refractivity contribution in [3.05, 3.63) is 29.8 Å². The van der Waals surface area contributed by atoms with E-state index in [1.54, 1.807) is 0 Å². The lowest BCUT2D eigenvalue weighted by Gasteiger charge is -2.33. The Labute approximate surface area is 166 Å². The second-order valence-corrected chi connectivity index (χ2v) is 8.15. The van der Waals surface area contributed by atoms with E-state index in [-0.39, 0.29) is 23.6 Å². The molecule has 0 aliphatic carbocycles. The first-order chi connectivity index (χ1) is 13.6. The van der Waals surface area contributed by atoms with Crippen LogP contribution in [-0.2, 0) is 9.59 Å². The summed E-state index contributed by atoms with van der Waals surface area (Å²) in [6.45, 7) is 3.81. The first-order valence-corrected chi connectivity index (χ1v) is 10.6. The van der Waals surface area contributed by atoms with Crippen LogP contribution in [0, 0.1) is 5.92 Å². The van der Waals surface area contributed by atoms with Gasteiger partial charge in [0, 0.05) is 56.3 Å². The SMILES string of the molecule is O=C(c1ccc(N2CCCCC2=O)cc1)N1CCC(C(=O)N2CCCC2)CC1. The van der Waals surface area contributed by atoms with Crippen molar-refractivity contribution in [2.75, 3.05) is 37.6 Å². The number of hydrogen-bond donors (Lipinski definition) is 0. The highest BCUT2D eigenvalue weighted by molar-refractivity contribution is 5.97. The molecule has 0 radical (unpaired) electrons. The molecule has 3 saturated heterocycles. The van der Waals surface area contributed by atoms with Crippen molar-refractivity contribution in [3.8, 4) is 0 Å². The second-order valence-electron chi connectivity index (χ2n) is 8.15. The molecule has 0 spiro atoms. The average molecular weight is 383 g/mol. The van der Waals surface area contributed by atoms with Gasteiger partial charge in [-0.2, -0.15) is 0 Å². The summed E-state index contributed by atoms with van der Waals surface area (Å²) in [6.07, 6.45) is 6.32. The highest BCUT2D eigenvalue weighted by atomic mass is 16.2. The number of likely N-dealkylation sites (tertiary alicyclic amines) is 2. The van der Waals surface area contributed by atoms with Crippen LogP contribution in [0.5, 0.6) is 0 Å². The number of hydrogen-bond acceptors (Lipinski definition) is 3. The van der Waals surface area contributed by atoms with Gasteiger partial charge in [-0.25, -0.2) is 0 Å². The third-order valence-electron chi connectivity index (χ3n) is 6.30. The van der Waals surface area contributed by atoms with E-state index in [0.717, 1.165) is 63.8 Å². The third kappa shape index (κ3) is 3.91. The van der Waals surface area contributed by atoms with E-state index in [1.807, 2.05) is 39.0 Å². The van der Waals surface area contributed by atoms with Gasteiger partial charge < -0.3 is 14.7 Å². The monoisotopic (exact) mass is 383 g/mol. The Morgan fingerprint density at radius 2 is 1.43 bits per heavy atom. The molecule has 6 nitrogen and oxygen atoms in total. The molecule has 6 heteroatoms. The number of benzene rings is 1. The summed E-state index contributed by atoms with van der Waals surface area (Å²) in [5.74, 6) is 0.522. The van der Waals surface area contributed by atoms with Gasteiger partial charge >= 0.3 is 0 Å². The highest BCUT2D eigenvalue weighted by Gasteiger charge is 2.31. The molecule has 150 valence electrons. The minimum Gasteiger partial charge on any atom is -0.342 e. The molecule has 0 saturated carbocycles. The van der Waals surface area contributed by atoms with Gasteiger partial charge in [0.05, 0.1) is 0 Å². The highest BCUT2D eigenvalue weighted by Crippen LogP contribution is 2.25. The van der Waals surface area contributed by atoms with Crippen LogP contribution in [0.3, 0.4) is 0 Å². The maximum Gasteiger partial charge on any atom is 0.253 e. The summed E-state index contributed by atoms with van der Waals surface area (Å²) >= 11 is 0. The van der Waals surface area contributed by atoms with Crippen molar-refractivity contribution < 1.29 is 14.4 Å². The fourth-order valence-corrected chi connectivity index (χ4v) is 4.57. The molecular weight excluding hydrogens is 354 g/mol. The van der Waals surface area contributed by atoms with Crippen molar-refractivity contribution in [1.29, 1.82) is 0 Å². The zero-order chi connectivity index (χ0) is 19.5. The Balaban J connectivity index is 1.33. The van der Waals surface area contributed by atoms with Gasteiger partial charge in [0.1, 0.15) is 0 Å². The van der Waals surface area contributed by atoms with Gasteiger partial charge in [0.2, 0.25) is 11.8 Å². The summed E-state index contributed by atoms with van der Waals surface area (Å²) in [6, 6.07) is 7.39. The molecule has 3 amide bonds. The second kappa shape index (κ2) is 8.33. The number of piperidine rings is 2. The maximum absolute atomic E-state index is 12.8. The van der Waals surface area contributed by atoms with E-state index in [2.05, 4.69) is 0 Å². The lowest BCUT2D eigenvalue weighted by atomic mass is 9.95. The van der Waals surface area contributed by atoms with Gasteiger partial charge in [-0.3, -0.25) is 14.4 Å². The molecule has 0 unspecified atom stereocenters. The molecule has 3 aliphatic rings. The summed E-state index contributed by atoms with van der Waals surface area (Å²) in [5.41, 5.74) is 1.52. The minimum absolute atomic E-state index is 0.0172. The van der Waals surface area contributed by atoms with Crippen molar-refractivity contribution >= 4 is 23.4 Å². The molecule has 1 aromatic carbocycles. The van der Waals surface area contributed by atoms with E-state index in [1.165, 1.54) is 0 Å². The summed E-state index contributed by atoms with van der Waals surface area (Å²) in [4.78, 5) is 43.1. The van der Waals surface area contributed by atoms with Crippen LogP contribution in [0.4, 0.5) is 5.69 Å². The van der Waals surface area contributed by atoms with Crippen LogP contribution in [-0.4, -0.2) is 60.2 Å². The van der Waals surface area contributed by atoms with E-state index in [0.29, 0.717) is 25.1 Å². The normalized spacial score (nSPS) is 21.3. The van der Waals surface area contributed by atoms with Gasteiger partial charge in [0.15, 0.2) is 0 Å². The molecule has 0 bridgehead atoms. The molecule has 4 rings (SSSR count). The Hall–Kier alpha value is -2.37. The fourth-order valence-electron chi connectivity index (χ4n) is 4.57. The van der Waals surface area contributed by atoms with Crippen molar-refractivity contribution in [3.63, 3.8) is 0 Å². The average Bonchev–Trinajstić information content (AvgIpc) is 3.28. The number of anilines is 1. The van der Waals surface area contributed by atoms with Crippen LogP contribution in [0.2, 0.25) is 0 Å². The zero-order valence-electron chi connectivity index (χ0n) is 16.4. The Bertz CT molecular complexity index is 732. The Morgan fingerprint density at radius 1 is 0.786 bits per heavy atom. The van der Waals surface area contributed by atoms with E-state index in [9.17, 15) is 14.4 Å². The van der Waals surface area contributed by atoms with E-state index < -0.39 is 0 Å². The predicted octanol–water partition coefficient (Wildman–Crippen LogP) is 2.68. The molecule has 0 aromatic heterocycles. The molecule has 1 aromatic rings. The topological polar surface area (TPSA) is 60.9 Å². The largest absolute Gasteiger partial charge is 0.342 e. The van der Waals surface area contributed by atoms with Gasteiger partial charge in [0.25, 0.3) is 5.91 Å². The number of carbonyl (C=O) groups excluding carboxylic acids is 3. The molecule has 3 aliphatic heterocycles. The van der Waals surface area contributed by atoms with Crippen LogP contribution in [0.15, 0.2) is 24.3 Å². The summed E-state index contributed by atoms with van der Waals surface area (Å²) in [5, 5.41) is 0. The predicted molar refractivity (Wildman–Crippen MR) is 107 cm³/mol. The van der Waals surface area contributed by atoms with Gasteiger partial charge in [-0.15, -0.1) is 0 Å². The molecule has 28 heavy (non-hydrogen) atoms. The van der Waals surface area contributed by atoms with Crippen LogP contribution in [0.25, 0.3) is 0 Å². The molecule has 3 heterocycles. The number of nitrogens with zero attached hydrogens (tertiary/aromatic N) is 3. The fraction of sp³-hybridized carbons (Fsp3) is 0.591. The molecule has 0 atom stereocenters. The molecule has 0 N–H and O–H groups in total. The Kier molecular flexibility index (Phi) is 5.64. The van der Waals surface area contributed by atoms with Crippen molar-refractivity contribution in [2.45, 2.75) is 44.9 Å². The summed E-state index contributed by atoms with van der Waals surface area (Å²) in [7, 11) is 0.